The standard InChI is InChI=1S/C17H14N4O4S/c1-19-13-9-14(26(23,24)25)11-7-8-12(17(22)15(11)16(13)18)21-20-10-5-3-2-4-6-10/h2-9,22H,1,18H2,(H,23,24,25). The number of nitrogen functional groups attached to an aromatic ring is 1. The zero-order valence-corrected chi connectivity index (χ0v) is 14.2. The van der Waals surface area contributed by atoms with E-state index in [0.29, 0.717) is 5.69 Å². The Labute approximate surface area is 149 Å². The number of phenolic OH excluding ortho intramolecular Hbond substituents is 1. The van der Waals surface area contributed by atoms with Crippen LogP contribution in [0.4, 0.5) is 22.7 Å². The molecule has 0 unspecified atom stereocenters. The molecule has 26 heavy (non-hydrogen) atoms. The number of azo groups is 1. The lowest BCUT2D eigenvalue weighted by Gasteiger charge is -2.12. The molecule has 0 bridgehead atoms. The van der Waals surface area contributed by atoms with E-state index in [1.807, 2.05) is 6.07 Å². The largest absolute Gasteiger partial charge is 0.505 e. The SMILES string of the molecule is C=Nc1cc(S(=O)(=O)O)c2ccc(N=Nc3ccccc3)c(O)c2c1N. The summed E-state index contributed by atoms with van der Waals surface area (Å²) in [4.78, 5) is 3.20. The third-order valence-electron chi connectivity index (χ3n) is 3.71. The molecular weight excluding hydrogens is 356 g/mol. The summed E-state index contributed by atoms with van der Waals surface area (Å²) in [6.45, 7) is 3.32. The first-order chi connectivity index (χ1) is 12.3. The molecule has 3 aromatic rings. The fourth-order valence-electron chi connectivity index (χ4n) is 2.50. The van der Waals surface area contributed by atoms with Gasteiger partial charge in [0.25, 0.3) is 10.1 Å². The number of hydrogen-bond donors (Lipinski definition) is 3. The van der Waals surface area contributed by atoms with Gasteiger partial charge in [-0.3, -0.25) is 9.55 Å². The van der Waals surface area contributed by atoms with Crippen LogP contribution >= 0.6 is 0 Å². The first-order valence-electron chi connectivity index (χ1n) is 7.32. The highest BCUT2D eigenvalue weighted by Gasteiger charge is 2.21. The third kappa shape index (κ3) is 3.13. The quantitative estimate of drug-likeness (QED) is 0.274. The van der Waals surface area contributed by atoms with Gasteiger partial charge in [-0.15, -0.1) is 5.11 Å². The molecule has 0 saturated heterocycles. The van der Waals surface area contributed by atoms with Gasteiger partial charge < -0.3 is 10.8 Å². The molecule has 0 fully saturated rings. The molecule has 0 radical (unpaired) electrons. The number of aromatic hydroxyl groups is 1. The summed E-state index contributed by atoms with van der Waals surface area (Å²) in [5.41, 5.74) is 6.65. The van der Waals surface area contributed by atoms with Gasteiger partial charge in [0.2, 0.25) is 0 Å². The van der Waals surface area contributed by atoms with E-state index in [-0.39, 0.29) is 33.6 Å². The lowest BCUT2D eigenvalue weighted by atomic mass is 10.1. The molecule has 132 valence electrons. The van der Waals surface area contributed by atoms with E-state index in [0.717, 1.165) is 6.07 Å². The summed E-state index contributed by atoms with van der Waals surface area (Å²) < 4.78 is 32.8. The molecule has 0 saturated carbocycles. The number of phenols is 1. The summed E-state index contributed by atoms with van der Waals surface area (Å²) in [6.07, 6.45) is 0. The molecule has 4 N–H and O–H groups in total. The number of benzene rings is 3. The maximum Gasteiger partial charge on any atom is 0.295 e. The number of fused-ring (bicyclic) bond motifs is 1. The number of rotatable bonds is 4. The Bertz CT molecular complexity index is 1140. The minimum atomic E-state index is -4.57. The van der Waals surface area contributed by atoms with E-state index in [4.69, 9.17) is 5.73 Å². The summed E-state index contributed by atoms with van der Waals surface area (Å²) in [6, 6.07) is 12.7. The van der Waals surface area contributed by atoms with Crippen molar-refractivity contribution >= 4 is 50.4 Å². The highest BCUT2D eigenvalue weighted by atomic mass is 32.2. The van der Waals surface area contributed by atoms with Gasteiger partial charge in [0.1, 0.15) is 10.6 Å². The molecule has 0 aliphatic carbocycles. The van der Waals surface area contributed by atoms with Crippen molar-refractivity contribution in [2.24, 2.45) is 15.2 Å². The van der Waals surface area contributed by atoms with Crippen LogP contribution in [-0.4, -0.2) is 24.8 Å². The van der Waals surface area contributed by atoms with Crippen molar-refractivity contribution in [2.45, 2.75) is 4.90 Å². The highest BCUT2D eigenvalue weighted by Crippen LogP contribution is 2.44. The van der Waals surface area contributed by atoms with Gasteiger partial charge >= 0.3 is 0 Å². The van der Waals surface area contributed by atoms with Gasteiger partial charge in [0, 0.05) is 5.39 Å². The Morgan fingerprint density at radius 3 is 2.31 bits per heavy atom. The summed E-state index contributed by atoms with van der Waals surface area (Å²) in [7, 11) is -4.57. The van der Waals surface area contributed by atoms with Crippen LogP contribution in [0.2, 0.25) is 0 Å². The number of hydrogen-bond acceptors (Lipinski definition) is 7. The van der Waals surface area contributed by atoms with Crippen molar-refractivity contribution in [3.63, 3.8) is 0 Å². The average Bonchev–Trinajstić information content (AvgIpc) is 2.61. The smallest absolute Gasteiger partial charge is 0.295 e. The van der Waals surface area contributed by atoms with Crippen molar-refractivity contribution in [1.29, 1.82) is 0 Å². The number of aliphatic imine (C=N–C) groups is 1. The lowest BCUT2D eigenvalue weighted by Crippen LogP contribution is -2.01. The van der Waals surface area contributed by atoms with Crippen LogP contribution in [0, 0.1) is 0 Å². The Morgan fingerprint density at radius 1 is 1.00 bits per heavy atom. The second-order valence-electron chi connectivity index (χ2n) is 5.33. The fourth-order valence-corrected chi connectivity index (χ4v) is 3.21. The molecule has 3 aromatic carbocycles. The van der Waals surface area contributed by atoms with E-state index < -0.39 is 15.0 Å². The first kappa shape index (κ1) is 17.5. The molecule has 3 rings (SSSR count). The molecule has 0 aliphatic heterocycles. The predicted octanol–water partition coefficient (Wildman–Crippen LogP) is 4.12. The maximum absolute atomic E-state index is 11.7. The lowest BCUT2D eigenvalue weighted by molar-refractivity contribution is 0.482. The van der Waals surface area contributed by atoms with Crippen molar-refractivity contribution in [3.8, 4) is 5.75 Å². The molecule has 8 nitrogen and oxygen atoms in total. The van der Waals surface area contributed by atoms with E-state index in [1.165, 1.54) is 12.1 Å². The molecule has 9 heteroatoms. The molecule has 0 atom stereocenters. The monoisotopic (exact) mass is 370 g/mol. The van der Waals surface area contributed by atoms with Crippen LogP contribution in [-0.2, 0) is 10.1 Å². The van der Waals surface area contributed by atoms with Crippen molar-refractivity contribution in [3.05, 3.63) is 48.5 Å². The van der Waals surface area contributed by atoms with Gasteiger partial charge in [0.15, 0.2) is 5.75 Å². The van der Waals surface area contributed by atoms with Crippen LogP contribution in [0.5, 0.6) is 5.75 Å². The Balaban J connectivity index is 2.27. The van der Waals surface area contributed by atoms with Crippen molar-refractivity contribution < 1.29 is 18.1 Å². The minimum absolute atomic E-state index is 0.00737. The normalized spacial score (nSPS) is 11.9. The number of anilines is 1. The van der Waals surface area contributed by atoms with E-state index >= 15 is 0 Å². The second kappa shape index (κ2) is 6.54. The molecule has 0 amide bonds. The van der Waals surface area contributed by atoms with E-state index in [9.17, 15) is 18.1 Å². The van der Waals surface area contributed by atoms with Crippen LogP contribution in [0.25, 0.3) is 10.8 Å². The second-order valence-corrected chi connectivity index (χ2v) is 6.72. The zero-order valence-electron chi connectivity index (χ0n) is 13.4. The average molecular weight is 370 g/mol. The van der Waals surface area contributed by atoms with Crippen LogP contribution in [0.15, 0.2) is 68.6 Å². The molecule has 0 aromatic heterocycles. The molecular formula is C17H14N4O4S. The minimum Gasteiger partial charge on any atom is -0.505 e. The number of nitrogens with two attached hydrogens (primary N) is 1. The Morgan fingerprint density at radius 2 is 1.69 bits per heavy atom. The van der Waals surface area contributed by atoms with E-state index in [2.05, 4.69) is 21.9 Å². The highest BCUT2D eigenvalue weighted by molar-refractivity contribution is 7.86. The molecule has 0 heterocycles. The fraction of sp³-hybridized carbons (Fsp3) is 0. The van der Waals surface area contributed by atoms with Gasteiger partial charge in [0.05, 0.1) is 22.4 Å². The van der Waals surface area contributed by atoms with Crippen LogP contribution in [0.1, 0.15) is 0 Å². The van der Waals surface area contributed by atoms with Gasteiger partial charge in [-0.1, -0.05) is 24.3 Å². The zero-order chi connectivity index (χ0) is 18.9. The van der Waals surface area contributed by atoms with Gasteiger partial charge in [-0.25, -0.2) is 0 Å². The van der Waals surface area contributed by atoms with E-state index in [1.54, 1.807) is 24.3 Å². The first-order valence-corrected chi connectivity index (χ1v) is 8.76. The van der Waals surface area contributed by atoms with Crippen molar-refractivity contribution in [2.75, 3.05) is 5.73 Å². The van der Waals surface area contributed by atoms with Crippen LogP contribution < -0.4 is 5.73 Å². The third-order valence-corrected chi connectivity index (χ3v) is 4.61. The Hall–Kier alpha value is -3.30. The molecule has 0 spiro atoms. The van der Waals surface area contributed by atoms with Crippen LogP contribution in [0.3, 0.4) is 0 Å². The topological polar surface area (TPSA) is 138 Å². The summed E-state index contributed by atoms with van der Waals surface area (Å²) in [5.74, 6) is -0.380. The molecule has 0 aliphatic rings. The predicted molar refractivity (Wildman–Crippen MR) is 99.7 cm³/mol. The Kier molecular flexibility index (Phi) is 4.41. The summed E-state index contributed by atoms with van der Waals surface area (Å²) >= 11 is 0. The summed E-state index contributed by atoms with van der Waals surface area (Å²) in [5, 5.41) is 18.6. The van der Waals surface area contributed by atoms with Gasteiger partial charge in [-0.2, -0.15) is 13.5 Å². The maximum atomic E-state index is 11.7. The van der Waals surface area contributed by atoms with Gasteiger partial charge in [-0.05, 0) is 31.0 Å². The number of nitrogens with zero attached hydrogens (tertiary/aromatic N) is 3. The van der Waals surface area contributed by atoms with Crippen molar-refractivity contribution in [1.82, 2.24) is 0 Å².